The third-order valence-electron chi connectivity index (χ3n) is 3.40. The molecule has 0 aromatic carbocycles. The summed E-state index contributed by atoms with van der Waals surface area (Å²) in [6.07, 6.45) is 1.71. The molecule has 16 heavy (non-hydrogen) atoms. The van der Waals surface area contributed by atoms with Gasteiger partial charge in [0, 0.05) is 45.3 Å². The van der Waals surface area contributed by atoms with Crippen LogP contribution in [0.25, 0.3) is 0 Å². The van der Waals surface area contributed by atoms with Gasteiger partial charge in [-0.3, -0.25) is 4.90 Å². The van der Waals surface area contributed by atoms with Crippen molar-refractivity contribution >= 4 is 0 Å². The van der Waals surface area contributed by atoms with E-state index in [1.54, 1.807) is 0 Å². The van der Waals surface area contributed by atoms with Crippen molar-refractivity contribution in [1.82, 2.24) is 15.1 Å². The number of nitriles is 1. The molecule has 1 heterocycles. The Balaban J connectivity index is 2.21. The summed E-state index contributed by atoms with van der Waals surface area (Å²) >= 11 is 0. The second-order valence-electron chi connectivity index (χ2n) is 4.50. The highest BCUT2D eigenvalue weighted by molar-refractivity contribution is 4.81. The van der Waals surface area contributed by atoms with E-state index >= 15 is 0 Å². The molecule has 0 aliphatic carbocycles. The van der Waals surface area contributed by atoms with E-state index in [4.69, 9.17) is 5.26 Å². The average Bonchev–Trinajstić information content (AvgIpc) is 2.34. The molecular formula is C12H24N4. The second-order valence-corrected chi connectivity index (χ2v) is 4.50. The van der Waals surface area contributed by atoms with E-state index in [0.29, 0.717) is 12.5 Å². The van der Waals surface area contributed by atoms with Crippen molar-refractivity contribution in [1.29, 1.82) is 5.26 Å². The standard InChI is InChI=1S/C12H24N4/c1-3-12(4-5-13)15(2)10-11-16-8-6-14-7-9-16/h12,14H,3-4,6-11H2,1-2H3. The van der Waals surface area contributed by atoms with Crippen molar-refractivity contribution in [2.24, 2.45) is 0 Å². The van der Waals surface area contributed by atoms with Gasteiger partial charge in [0.2, 0.25) is 0 Å². The molecule has 1 saturated heterocycles. The molecule has 1 fully saturated rings. The van der Waals surface area contributed by atoms with Crippen LogP contribution in [0.15, 0.2) is 0 Å². The SMILES string of the molecule is CCC(CC#N)N(C)CCN1CCNCC1. The van der Waals surface area contributed by atoms with Gasteiger partial charge in [-0.2, -0.15) is 5.26 Å². The van der Waals surface area contributed by atoms with Crippen LogP contribution >= 0.6 is 0 Å². The quantitative estimate of drug-likeness (QED) is 0.714. The zero-order valence-corrected chi connectivity index (χ0v) is 10.6. The van der Waals surface area contributed by atoms with E-state index in [2.05, 4.69) is 35.2 Å². The fraction of sp³-hybridized carbons (Fsp3) is 0.917. The van der Waals surface area contributed by atoms with E-state index in [1.165, 1.54) is 0 Å². The maximum atomic E-state index is 8.74. The highest BCUT2D eigenvalue weighted by atomic mass is 15.2. The molecule has 0 bridgehead atoms. The minimum absolute atomic E-state index is 0.424. The van der Waals surface area contributed by atoms with Crippen molar-refractivity contribution in [2.45, 2.75) is 25.8 Å². The van der Waals surface area contributed by atoms with Crippen LogP contribution in [0, 0.1) is 11.3 Å². The molecule has 92 valence electrons. The lowest BCUT2D eigenvalue weighted by atomic mass is 10.1. The summed E-state index contributed by atoms with van der Waals surface area (Å²) in [4.78, 5) is 4.82. The van der Waals surface area contributed by atoms with Gasteiger partial charge in [0.1, 0.15) is 0 Å². The van der Waals surface area contributed by atoms with Crippen molar-refractivity contribution < 1.29 is 0 Å². The summed E-state index contributed by atoms with van der Waals surface area (Å²) in [7, 11) is 2.13. The Kier molecular flexibility index (Phi) is 6.39. The van der Waals surface area contributed by atoms with Crippen molar-refractivity contribution in [2.75, 3.05) is 46.3 Å². The summed E-state index contributed by atoms with van der Waals surface area (Å²) < 4.78 is 0. The number of piperazine rings is 1. The molecule has 1 rings (SSSR count). The summed E-state index contributed by atoms with van der Waals surface area (Å²) in [5.74, 6) is 0. The number of nitrogens with one attached hydrogen (secondary N) is 1. The molecule has 0 aromatic heterocycles. The van der Waals surface area contributed by atoms with Gasteiger partial charge in [0.05, 0.1) is 12.5 Å². The number of nitrogens with zero attached hydrogens (tertiary/aromatic N) is 3. The summed E-state index contributed by atoms with van der Waals surface area (Å²) in [5.41, 5.74) is 0. The van der Waals surface area contributed by atoms with Gasteiger partial charge in [-0.25, -0.2) is 0 Å². The maximum Gasteiger partial charge on any atom is 0.0638 e. The highest BCUT2D eigenvalue weighted by Crippen LogP contribution is 2.05. The van der Waals surface area contributed by atoms with Crippen LogP contribution in [0.2, 0.25) is 0 Å². The first kappa shape index (κ1) is 13.4. The van der Waals surface area contributed by atoms with Gasteiger partial charge in [0.25, 0.3) is 0 Å². The molecule has 0 spiro atoms. The van der Waals surface area contributed by atoms with Gasteiger partial charge in [-0.15, -0.1) is 0 Å². The second kappa shape index (κ2) is 7.61. The van der Waals surface area contributed by atoms with Crippen molar-refractivity contribution in [3.05, 3.63) is 0 Å². The first-order chi connectivity index (χ1) is 7.77. The molecule has 4 nitrogen and oxygen atoms in total. The predicted octanol–water partition coefficient (Wildman–Crippen LogP) is 0.516. The fourth-order valence-corrected chi connectivity index (χ4v) is 2.13. The summed E-state index contributed by atoms with van der Waals surface area (Å²) in [6, 6.07) is 2.70. The minimum Gasteiger partial charge on any atom is -0.314 e. The molecule has 1 aliphatic rings. The van der Waals surface area contributed by atoms with Crippen LogP contribution in [-0.2, 0) is 0 Å². The Morgan fingerprint density at radius 2 is 2.12 bits per heavy atom. The molecule has 0 radical (unpaired) electrons. The predicted molar refractivity (Wildman–Crippen MR) is 66.2 cm³/mol. The lowest BCUT2D eigenvalue weighted by molar-refractivity contribution is 0.175. The number of hydrogen-bond donors (Lipinski definition) is 1. The Labute approximate surface area is 99.2 Å². The van der Waals surface area contributed by atoms with E-state index in [9.17, 15) is 0 Å². The summed E-state index contributed by atoms with van der Waals surface area (Å²) in [6.45, 7) is 8.88. The van der Waals surface area contributed by atoms with Crippen LogP contribution in [-0.4, -0.2) is 62.2 Å². The largest absolute Gasteiger partial charge is 0.314 e. The van der Waals surface area contributed by atoms with E-state index in [-0.39, 0.29) is 0 Å². The minimum atomic E-state index is 0.424. The van der Waals surface area contributed by atoms with Crippen molar-refractivity contribution in [3.8, 4) is 6.07 Å². The van der Waals surface area contributed by atoms with Gasteiger partial charge < -0.3 is 10.2 Å². The number of hydrogen-bond acceptors (Lipinski definition) is 4. The Morgan fingerprint density at radius 1 is 1.44 bits per heavy atom. The van der Waals surface area contributed by atoms with Crippen LogP contribution < -0.4 is 5.32 Å². The molecule has 0 saturated carbocycles. The fourth-order valence-electron chi connectivity index (χ4n) is 2.13. The van der Waals surface area contributed by atoms with Crippen LogP contribution in [0.4, 0.5) is 0 Å². The third-order valence-corrected chi connectivity index (χ3v) is 3.40. The summed E-state index contributed by atoms with van der Waals surface area (Å²) in [5, 5.41) is 12.1. The highest BCUT2D eigenvalue weighted by Gasteiger charge is 2.14. The zero-order chi connectivity index (χ0) is 11.8. The molecule has 1 atom stereocenters. The van der Waals surface area contributed by atoms with E-state index < -0.39 is 0 Å². The molecular weight excluding hydrogens is 200 g/mol. The Morgan fingerprint density at radius 3 is 2.69 bits per heavy atom. The lowest BCUT2D eigenvalue weighted by Crippen LogP contribution is -2.46. The van der Waals surface area contributed by atoms with Crippen LogP contribution in [0.5, 0.6) is 0 Å². The topological polar surface area (TPSA) is 42.3 Å². The van der Waals surface area contributed by atoms with E-state index in [1.807, 2.05) is 0 Å². The molecule has 1 aliphatic heterocycles. The molecule has 1 unspecified atom stereocenters. The van der Waals surface area contributed by atoms with Crippen LogP contribution in [0.1, 0.15) is 19.8 Å². The average molecular weight is 224 g/mol. The lowest BCUT2D eigenvalue weighted by Gasteiger charge is -2.31. The smallest absolute Gasteiger partial charge is 0.0638 e. The first-order valence-corrected chi connectivity index (χ1v) is 6.28. The van der Waals surface area contributed by atoms with Gasteiger partial charge in [-0.1, -0.05) is 6.92 Å². The molecule has 4 heteroatoms. The molecule has 1 N–H and O–H groups in total. The molecule has 0 amide bonds. The Hall–Kier alpha value is -0.630. The van der Waals surface area contributed by atoms with Gasteiger partial charge >= 0.3 is 0 Å². The first-order valence-electron chi connectivity index (χ1n) is 6.28. The van der Waals surface area contributed by atoms with E-state index in [0.717, 1.165) is 45.7 Å². The maximum absolute atomic E-state index is 8.74. The number of likely N-dealkylation sites (N-methyl/N-ethyl adjacent to an activating group) is 1. The van der Waals surface area contributed by atoms with Gasteiger partial charge in [-0.05, 0) is 13.5 Å². The number of rotatable bonds is 6. The monoisotopic (exact) mass is 224 g/mol. The zero-order valence-electron chi connectivity index (χ0n) is 10.6. The Bertz CT molecular complexity index is 218. The third kappa shape index (κ3) is 4.48. The van der Waals surface area contributed by atoms with Gasteiger partial charge in [0.15, 0.2) is 0 Å². The molecule has 0 aromatic rings. The normalized spacial score (nSPS) is 19.6. The van der Waals surface area contributed by atoms with Crippen LogP contribution in [0.3, 0.4) is 0 Å². The van der Waals surface area contributed by atoms with Crippen molar-refractivity contribution in [3.63, 3.8) is 0 Å².